The molecule has 0 bridgehead atoms. The fourth-order valence-corrected chi connectivity index (χ4v) is 4.24. The highest BCUT2D eigenvalue weighted by Gasteiger charge is 2.13. The Hall–Kier alpha value is -1.83. The highest BCUT2D eigenvalue weighted by atomic mass is 32.2. The Balaban J connectivity index is 1.86. The van der Waals surface area contributed by atoms with E-state index in [0.717, 1.165) is 17.5 Å². The largest absolute Gasteiger partial charge is 0.350 e. The van der Waals surface area contributed by atoms with E-state index in [0.29, 0.717) is 19.4 Å². The Morgan fingerprint density at radius 3 is 2.29 bits per heavy atom. The van der Waals surface area contributed by atoms with Gasteiger partial charge in [0.2, 0.25) is 15.9 Å². The molecule has 0 aliphatic rings. The molecule has 0 saturated heterocycles. The molecule has 1 unspecified atom stereocenters. The van der Waals surface area contributed by atoms with Crippen LogP contribution in [-0.2, 0) is 21.2 Å². The summed E-state index contributed by atoms with van der Waals surface area (Å²) in [5.74, 6) is -0.0252. The molecule has 28 heavy (non-hydrogen) atoms. The molecule has 0 aromatic heterocycles. The number of nitrogens with one attached hydrogen (secondary N) is 2. The summed E-state index contributed by atoms with van der Waals surface area (Å²) in [6.45, 7) is 4.30. The molecule has 0 heterocycles. The fourth-order valence-electron chi connectivity index (χ4n) is 2.70. The van der Waals surface area contributed by atoms with Crippen molar-refractivity contribution in [3.05, 3.63) is 59.7 Å². The average molecular weight is 421 g/mol. The monoisotopic (exact) mass is 420 g/mol. The van der Waals surface area contributed by atoms with Gasteiger partial charge in [-0.25, -0.2) is 13.1 Å². The lowest BCUT2D eigenvalue weighted by Gasteiger charge is -2.15. The zero-order chi connectivity index (χ0) is 20.6. The van der Waals surface area contributed by atoms with E-state index in [2.05, 4.69) is 10.0 Å². The number of hydrogen-bond acceptors (Lipinski definition) is 4. The van der Waals surface area contributed by atoms with Gasteiger partial charge in [0.25, 0.3) is 0 Å². The summed E-state index contributed by atoms with van der Waals surface area (Å²) in [7, 11) is -3.45. The quantitative estimate of drug-likeness (QED) is 0.572. The molecule has 0 aliphatic heterocycles. The van der Waals surface area contributed by atoms with Gasteiger partial charge in [0, 0.05) is 17.9 Å². The van der Waals surface area contributed by atoms with Crippen LogP contribution in [0.25, 0.3) is 0 Å². The number of amides is 1. The molecule has 152 valence electrons. The van der Waals surface area contributed by atoms with Gasteiger partial charge in [0.05, 0.1) is 10.9 Å². The summed E-state index contributed by atoms with van der Waals surface area (Å²) >= 11 is 1.69. The van der Waals surface area contributed by atoms with E-state index in [1.54, 1.807) is 36.0 Å². The Kier molecular flexibility index (Phi) is 8.54. The van der Waals surface area contributed by atoms with Crippen LogP contribution in [0.3, 0.4) is 0 Å². The lowest BCUT2D eigenvalue weighted by atomic mass is 10.1. The van der Waals surface area contributed by atoms with Crippen LogP contribution in [0.15, 0.2) is 58.3 Å². The second-order valence-corrected chi connectivity index (χ2v) is 9.25. The van der Waals surface area contributed by atoms with Crippen LogP contribution in [0.4, 0.5) is 0 Å². The predicted octanol–water partition coefficient (Wildman–Crippen LogP) is 3.91. The van der Waals surface area contributed by atoms with Crippen molar-refractivity contribution >= 4 is 27.7 Å². The molecule has 0 fully saturated rings. The number of hydrogen-bond donors (Lipinski definition) is 2. The standard InChI is InChI=1S/C21H28N2O3S2/c1-4-15-22-28(25,26)20-12-5-17(6-13-20)7-14-21(24)23-16(2)18-8-10-19(27-3)11-9-18/h5-6,8-13,16,22H,4,7,14-15H2,1-3H3,(H,23,24). The third-order valence-corrected chi connectivity index (χ3v) is 6.63. The van der Waals surface area contributed by atoms with Gasteiger partial charge in [-0.05, 0) is 61.4 Å². The molecule has 0 radical (unpaired) electrons. The zero-order valence-electron chi connectivity index (χ0n) is 16.6. The highest BCUT2D eigenvalue weighted by molar-refractivity contribution is 7.98. The minimum absolute atomic E-state index is 0.0252. The Labute approximate surface area is 172 Å². The summed E-state index contributed by atoms with van der Waals surface area (Å²) in [5, 5.41) is 3.01. The number of benzene rings is 2. The molecule has 0 spiro atoms. The van der Waals surface area contributed by atoms with Crippen LogP contribution in [0.5, 0.6) is 0 Å². The van der Waals surface area contributed by atoms with Crippen molar-refractivity contribution in [1.29, 1.82) is 0 Å². The Morgan fingerprint density at radius 1 is 1.07 bits per heavy atom. The maximum absolute atomic E-state index is 12.2. The van der Waals surface area contributed by atoms with Gasteiger partial charge < -0.3 is 5.32 Å². The number of carbonyl (C=O) groups excluding carboxylic acids is 1. The first kappa shape index (κ1) is 22.5. The first-order chi connectivity index (χ1) is 13.4. The number of carbonyl (C=O) groups is 1. The summed E-state index contributed by atoms with van der Waals surface area (Å²) < 4.78 is 26.7. The number of aryl methyl sites for hydroxylation is 1. The van der Waals surface area contributed by atoms with Crippen molar-refractivity contribution in [2.45, 2.75) is 48.9 Å². The van der Waals surface area contributed by atoms with Gasteiger partial charge in [-0.1, -0.05) is 31.2 Å². The van der Waals surface area contributed by atoms with Gasteiger partial charge in [-0.3, -0.25) is 4.79 Å². The second kappa shape index (κ2) is 10.6. The van der Waals surface area contributed by atoms with Crippen LogP contribution >= 0.6 is 11.8 Å². The SMILES string of the molecule is CCCNS(=O)(=O)c1ccc(CCC(=O)NC(C)c2ccc(SC)cc2)cc1. The van der Waals surface area contributed by atoms with Crippen LogP contribution in [0, 0.1) is 0 Å². The lowest BCUT2D eigenvalue weighted by molar-refractivity contribution is -0.121. The Morgan fingerprint density at radius 2 is 1.71 bits per heavy atom. The van der Waals surface area contributed by atoms with Crippen molar-refractivity contribution in [3.8, 4) is 0 Å². The maximum Gasteiger partial charge on any atom is 0.240 e. The molecule has 1 atom stereocenters. The molecule has 1 amide bonds. The van der Waals surface area contributed by atoms with Crippen LogP contribution < -0.4 is 10.0 Å². The van der Waals surface area contributed by atoms with Gasteiger partial charge in [0.15, 0.2) is 0 Å². The van der Waals surface area contributed by atoms with Crippen molar-refractivity contribution in [2.24, 2.45) is 0 Å². The number of sulfonamides is 1. The van der Waals surface area contributed by atoms with Crippen LogP contribution in [0.1, 0.15) is 43.9 Å². The van der Waals surface area contributed by atoms with E-state index < -0.39 is 10.0 Å². The topological polar surface area (TPSA) is 75.3 Å². The van der Waals surface area contributed by atoms with Crippen LogP contribution in [0.2, 0.25) is 0 Å². The van der Waals surface area contributed by atoms with Crippen LogP contribution in [-0.4, -0.2) is 27.1 Å². The molecule has 0 aliphatic carbocycles. The molecule has 2 N–H and O–H groups in total. The van der Waals surface area contributed by atoms with Crippen molar-refractivity contribution < 1.29 is 13.2 Å². The molecular formula is C21H28N2O3S2. The maximum atomic E-state index is 12.2. The molecule has 7 heteroatoms. The summed E-state index contributed by atoms with van der Waals surface area (Å²) in [5.41, 5.74) is 2.00. The predicted molar refractivity (Wildman–Crippen MR) is 115 cm³/mol. The van der Waals surface area contributed by atoms with Gasteiger partial charge in [-0.2, -0.15) is 0 Å². The van der Waals surface area contributed by atoms with Crippen molar-refractivity contribution in [3.63, 3.8) is 0 Å². The summed E-state index contributed by atoms with van der Waals surface area (Å²) in [6, 6.07) is 14.8. The third-order valence-electron chi connectivity index (χ3n) is 4.41. The molecule has 2 rings (SSSR count). The van der Waals surface area contributed by atoms with E-state index in [-0.39, 0.29) is 16.8 Å². The second-order valence-electron chi connectivity index (χ2n) is 6.60. The minimum Gasteiger partial charge on any atom is -0.350 e. The smallest absolute Gasteiger partial charge is 0.240 e. The molecule has 2 aromatic rings. The lowest BCUT2D eigenvalue weighted by Crippen LogP contribution is -2.26. The molecule has 2 aromatic carbocycles. The first-order valence-corrected chi connectivity index (χ1v) is 12.1. The fraction of sp³-hybridized carbons (Fsp3) is 0.381. The average Bonchev–Trinajstić information content (AvgIpc) is 2.71. The highest BCUT2D eigenvalue weighted by Crippen LogP contribution is 2.19. The van der Waals surface area contributed by atoms with Gasteiger partial charge >= 0.3 is 0 Å². The van der Waals surface area contributed by atoms with E-state index >= 15 is 0 Å². The molecule has 0 saturated carbocycles. The zero-order valence-corrected chi connectivity index (χ0v) is 18.2. The number of rotatable bonds is 10. The minimum atomic E-state index is -3.45. The van der Waals surface area contributed by atoms with Crippen molar-refractivity contribution in [2.75, 3.05) is 12.8 Å². The van der Waals surface area contributed by atoms with E-state index in [4.69, 9.17) is 0 Å². The Bertz CT molecular complexity index is 864. The van der Waals surface area contributed by atoms with E-state index in [1.807, 2.05) is 44.4 Å². The van der Waals surface area contributed by atoms with E-state index in [1.165, 1.54) is 4.90 Å². The molecular weight excluding hydrogens is 392 g/mol. The normalized spacial score (nSPS) is 12.5. The van der Waals surface area contributed by atoms with Crippen molar-refractivity contribution in [1.82, 2.24) is 10.0 Å². The molecule has 5 nitrogen and oxygen atoms in total. The number of thioether (sulfide) groups is 1. The van der Waals surface area contributed by atoms with Gasteiger partial charge in [-0.15, -0.1) is 11.8 Å². The van der Waals surface area contributed by atoms with E-state index in [9.17, 15) is 13.2 Å². The van der Waals surface area contributed by atoms with Gasteiger partial charge in [0.1, 0.15) is 0 Å². The first-order valence-electron chi connectivity index (χ1n) is 9.37. The third kappa shape index (κ3) is 6.65. The summed E-state index contributed by atoms with van der Waals surface area (Å²) in [6.07, 6.45) is 3.69. The summed E-state index contributed by atoms with van der Waals surface area (Å²) in [4.78, 5) is 13.7.